The third-order valence-electron chi connectivity index (χ3n) is 4.03. The molecule has 18 heavy (non-hydrogen) atoms. The van der Waals surface area contributed by atoms with Gasteiger partial charge in [0.2, 0.25) is 0 Å². The maximum Gasteiger partial charge on any atom is 0.326 e. The third kappa shape index (κ3) is 3.89. The lowest BCUT2D eigenvalue weighted by Gasteiger charge is -2.34. The molecule has 0 aromatic rings. The summed E-state index contributed by atoms with van der Waals surface area (Å²) in [6.07, 6.45) is 3.68. The fraction of sp³-hybridized carbons (Fsp3) is 0.846. The lowest BCUT2D eigenvalue weighted by atomic mass is 9.78. The molecule has 1 aliphatic carbocycles. The predicted molar refractivity (Wildman–Crippen MR) is 69.3 cm³/mol. The molecule has 1 saturated carbocycles. The minimum absolute atomic E-state index is 0.153. The van der Waals surface area contributed by atoms with E-state index in [1.807, 2.05) is 0 Å². The molecule has 1 aliphatic rings. The Hall–Kier alpha value is -1.26. The van der Waals surface area contributed by atoms with Crippen LogP contribution in [0.15, 0.2) is 0 Å². The summed E-state index contributed by atoms with van der Waals surface area (Å²) in [5, 5.41) is 14.3. The third-order valence-corrected chi connectivity index (χ3v) is 4.03. The topological polar surface area (TPSA) is 78.4 Å². The first-order valence-corrected chi connectivity index (χ1v) is 6.75. The van der Waals surface area contributed by atoms with Crippen molar-refractivity contribution in [3.63, 3.8) is 0 Å². The molecular formula is C13H24N2O3. The van der Waals surface area contributed by atoms with Crippen molar-refractivity contribution < 1.29 is 14.7 Å². The molecule has 0 aromatic heterocycles. The van der Waals surface area contributed by atoms with E-state index in [1.165, 1.54) is 6.42 Å². The number of carboxylic acid groups (broad SMARTS) is 1. The molecule has 4 atom stereocenters. The van der Waals surface area contributed by atoms with Crippen LogP contribution in [0.3, 0.4) is 0 Å². The second kappa shape index (κ2) is 6.61. The molecule has 5 nitrogen and oxygen atoms in total. The molecule has 5 heteroatoms. The van der Waals surface area contributed by atoms with Gasteiger partial charge in [-0.25, -0.2) is 9.59 Å². The van der Waals surface area contributed by atoms with Gasteiger partial charge in [0.05, 0.1) is 0 Å². The highest BCUT2D eigenvalue weighted by molar-refractivity contribution is 5.82. The smallest absolute Gasteiger partial charge is 0.326 e. The van der Waals surface area contributed by atoms with Crippen LogP contribution in [0.4, 0.5) is 4.79 Å². The van der Waals surface area contributed by atoms with Crippen molar-refractivity contribution in [2.75, 3.05) is 0 Å². The monoisotopic (exact) mass is 256 g/mol. The van der Waals surface area contributed by atoms with Crippen molar-refractivity contribution in [2.24, 2.45) is 11.8 Å². The van der Waals surface area contributed by atoms with Crippen molar-refractivity contribution >= 4 is 12.0 Å². The van der Waals surface area contributed by atoms with Gasteiger partial charge < -0.3 is 15.7 Å². The molecule has 0 saturated heterocycles. The van der Waals surface area contributed by atoms with Crippen molar-refractivity contribution in [1.82, 2.24) is 10.6 Å². The van der Waals surface area contributed by atoms with Crippen LogP contribution >= 0.6 is 0 Å². The lowest BCUT2D eigenvalue weighted by Crippen LogP contribution is -2.51. The average Bonchev–Trinajstić information content (AvgIpc) is 2.31. The van der Waals surface area contributed by atoms with Crippen LogP contribution in [-0.4, -0.2) is 29.2 Å². The Kier molecular flexibility index (Phi) is 5.44. The van der Waals surface area contributed by atoms with E-state index in [2.05, 4.69) is 24.5 Å². The van der Waals surface area contributed by atoms with E-state index in [-0.39, 0.29) is 12.1 Å². The van der Waals surface area contributed by atoms with E-state index in [4.69, 9.17) is 5.11 Å². The predicted octanol–water partition coefficient (Wildman–Crippen LogP) is 1.97. The van der Waals surface area contributed by atoms with Crippen molar-refractivity contribution in [2.45, 2.75) is 58.5 Å². The second-order valence-electron chi connectivity index (χ2n) is 5.29. The second-order valence-corrected chi connectivity index (χ2v) is 5.29. The highest BCUT2D eigenvalue weighted by atomic mass is 16.4. The van der Waals surface area contributed by atoms with Gasteiger partial charge in [-0.05, 0) is 24.7 Å². The van der Waals surface area contributed by atoms with Crippen LogP contribution in [0, 0.1) is 11.8 Å². The van der Waals surface area contributed by atoms with E-state index in [9.17, 15) is 9.59 Å². The number of rotatable bonds is 4. The number of urea groups is 1. The lowest BCUT2D eigenvalue weighted by molar-refractivity contribution is -0.139. The van der Waals surface area contributed by atoms with Gasteiger partial charge in [0.25, 0.3) is 0 Å². The Balaban J connectivity index is 2.46. The SMILES string of the molecule is CC[C@H](NC(=O)NC1CCCC(C)C1C)C(=O)O. The Morgan fingerprint density at radius 3 is 2.56 bits per heavy atom. The van der Waals surface area contributed by atoms with Gasteiger partial charge in [-0.2, -0.15) is 0 Å². The average molecular weight is 256 g/mol. The molecule has 3 unspecified atom stereocenters. The van der Waals surface area contributed by atoms with Crippen LogP contribution in [-0.2, 0) is 4.79 Å². The van der Waals surface area contributed by atoms with E-state index in [0.717, 1.165) is 12.8 Å². The normalized spacial score (nSPS) is 29.4. The van der Waals surface area contributed by atoms with Crippen LogP contribution < -0.4 is 10.6 Å². The zero-order valence-corrected chi connectivity index (χ0v) is 11.4. The Morgan fingerprint density at radius 2 is 2.00 bits per heavy atom. The first-order chi connectivity index (χ1) is 8.45. The summed E-state index contributed by atoms with van der Waals surface area (Å²) in [6.45, 7) is 6.08. The number of carbonyl (C=O) groups excluding carboxylic acids is 1. The summed E-state index contributed by atoms with van der Waals surface area (Å²) in [7, 11) is 0. The minimum Gasteiger partial charge on any atom is -0.480 e. The molecule has 3 N–H and O–H groups in total. The highest BCUT2D eigenvalue weighted by Crippen LogP contribution is 2.29. The van der Waals surface area contributed by atoms with E-state index >= 15 is 0 Å². The maximum atomic E-state index is 11.8. The standard InChI is InChI=1S/C13H24N2O3/c1-4-10(12(16)17)14-13(18)15-11-7-5-6-8(2)9(11)3/h8-11H,4-7H2,1-3H3,(H,16,17)(H2,14,15,18)/t8?,9?,10-,11?/m0/s1. The van der Waals surface area contributed by atoms with Crippen molar-refractivity contribution in [1.29, 1.82) is 0 Å². The fourth-order valence-electron chi connectivity index (χ4n) is 2.49. The van der Waals surface area contributed by atoms with Crippen molar-refractivity contribution in [3.8, 4) is 0 Å². The van der Waals surface area contributed by atoms with Gasteiger partial charge in [0, 0.05) is 6.04 Å². The number of nitrogens with one attached hydrogen (secondary N) is 2. The number of carbonyl (C=O) groups is 2. The summed E-state index contributed by atoms with van der Waals surface area (Å²) in [4.78, 5) is 22.6. The molecule has 0 aromatic carbocycles. The van der Waals surface area contributed by atoms with E-state index in [1.54, 1.807) is 6.92 Å². The fourth-order valence-corrected chi connectivity index (χ4v) is 2.49. The largest absolute Gasteiger partial charge is 0.480 e. The number of hydrogen-bond donors (Lipinski definition) is 3. The molecule has 1 rings (SSSR count). The molecule has 104 valence electrons. The first kappa shape index (κ1) is 14.8. The van der Waals surface area contributed by atoms with Crippen LogP contribution in [0.1, 0.15) is 46.5 Å². The van der Waals surface area contributed by atoms with E-state index in [0.29, 0.717) is 18.3 Å². The number of hydrogen-bond acceptors (Lipinski definition) is 2. The summed E-state index contributed by atoms with van der Waals surface area (Å²) >= 11 is 0. The quantitative estimate of drug-likeness (QED) is 0.719. The van der Waals surface area contributed by atoms with Gasteiger partial charge >= 0.3 is 12.0 Å². The summed E-state index contributed by atoms with van der Waals surface area (Å²) in [6, 6.07) is -1.02. The number of carboxylic acids is 1. The molecule has 0 bridgehead atoms. The van der Waals surface area contributed by atoms with Gasteiger partial charge in [0.15, 0.2) is 0 Å². The molecule has 0 heterocycles. The molecule has 2 amide bonds. The van der Waals surface area contributed by atoms with Crippen LogP contribution in [0.2, 0.25) is 0 Å². The zero-order valence-electron chi connectivity index (χ0n) is 11.4. The first-order valence-electron chi connectivity index (χ1n) is 6.75. The Labute approximate surface area is 108 Å². The molecule has 0 radical (unpaired) electrons. The Morgan fingerprint density at radius 1 is 1.33 bits per heavy atom. The van der Waals surface area contributed by atoms with Crippen molar-refractivity contribution in [3.05, 3.63) is 0 Å². The van der Waals surface area contributed by atoms with Gasteiger partial charge in [-0.15, -0.1) is 0 Å². The molecule has 0 aliphatic heterocycles. The van der Waals surface area contributed by atoms with Gasteiger partial charge in [-0.1, -0.05) is 33.6 Å². The Bertz CT molecular complexity index is 307. The summed E-state index contributed by atoms with van der Waals surface area (Å²) < 4.78 is 0. The summed E-state index contributed by atoms with van der Waals surface area (Å²) in [5.41, 5.74) is 0. The molecule has 1 fully saturated rings. The summed E-state index contributed by atoms with van der Waals surface area (Å²) in [5.74, 6) is 0.0533. The van der Waals surface area contributed by atoms with Gasteiger partial charge in [-0.3, -0.25) is 0 Å². The molecule has 0 spiro atoms. The van der Waals surface area contributed by atoms with Crippen LogP contribution in [0.25, 0.3) is 0 Å². The zero-order chi connectivity index (χ0) is 13.7. The maximum absolute atomic E-state index is 11.8. The highest BCUT2D eigenvalue weighted by Gasteiger charge is 2.29. The molecular weight excluding hydrogens is 232 g/mol. The number of amides is 2. The van der Waals surface area contributed by atoms with Gasteiger partial charge in [0.1, 0.15) is 6.04 Å². The van der Waals surface area contributed by atoms with Crippen LogP contribution in [0.5, 0.6) is 0 Å². The minimum atomic E-state index is -0.988. The van der Waals surface area contributed by atoms with E-state index < -0.39 is 12.0 Å². The number of aliphatic carboxylic acids is 1.